The number of hydrogen-bond donors (Lipinski definition) is 0. The van der Waals surface area contributed by atoms with Gasteiger partial charge in [-0.1, -0.05) is 18.2 Å². The summed E-state index contributed by atoms with van der Waals surface area (Å²) in [6.45, 7) is 3.99. The predicted octanol–water partition coefficient (Wildman–Crippen LogP) is 5.51. The molecular weight excluding hydrogens is 310 g/mol. The molecule has 1 heterocycles. The van der Waals surface area contributed by atoms with Gasteiger partial charge < -0.3 is 14.2 Å². The Bertz CT molecular complexity index is 738. The molecule has 0 spiro atoms. The molecule has 0 atom stereocenters. The fourth-order valence-corrected chi connectivity index (χ4v) is 2.56. The maximum Gasteiger partial charge on any atom is 0.282 e. The summed E-state index contributed by atoms with van der Waals surface area (Å²) in [5.74, 6) is 2.30. The lowest BCUT2D eigenvalue weighted by molar-refractivity contribution is 0.242. The Morgan fingerprint density at radius 1 is 0.826 bits per heavy atom. The van der Waals surface area contributed by atoms with Crippen LogP contribution in [0.15, 0.2) is 60.8 Å². The lowest BCUT2D eigenvalue weighted by Crippen LogP contribution is -2.05. The van der Waals surface area contributed by atoms with Crippen molar-refractivity contribution in [3.63, 3.8) is 0 Å². The zero-order chi connectivity index (χ0) is 16.1. The quantitative estimate of drug-likeness (QED) is 0.598. The first-order valence-corrected chi connectivity index (χ1v) is 8.14. The van der Waals surface area contributed by atoms with Gasteiger partial charge in [0.25, 0.3) is 5.19 Å². The number of rotatable bonds is 6. The first-order chi connectivity index (χ1) is 11.2. The number of thiazole rings is 1. The molecule has 4 nitrogen and oxygen atoms in total. The summed E-state index contributed by atoms with van der Waals surface area (Å²) in [7, 11) is 0. The predicted molar refractivity (Wildman–Crippen MR) is 90.9 cm³/mol. The number of ether oxygens (including phenoxy) is 3. The van der Waals surface area contributed by atoms with E-state index in [0.717, 1.165) is 11.5 Å². The molecule has 5 heteroatoms. The van der Waals surface area contributed by atoms with Gasteiger partial charge in [0.1, 0.15) is 17.2 Å². The minimum absolute atomic E-state index is 0.151. The van der Waals surface area contributed by atoms with Crippen LogP contribution in [0.5, 0.6) is 27.5 Å². The Labute approximate surface area is 139 Å². The van der Waals surface area contributed by atoms with Gasteiger partial charge >= 0.3 is 0 Å². The van der Waals surface area contributed by atoms with Crippen molar-refractivity contribution in [1.29, 1.82) is 0 Å². The highest BCUT2D eigenvalue weighted by Crippen LogP contribution is 2.34. The molecule has 0 saturated carbocycles. The van der Waals surface area contributed by atoms with E-state index in [9.17, 15) is 0 Å². The molecule has 0 fully saturated rings. The third kappa shape index (κ3) is 4.47. The minimum atomic E-state index is 0.151. The summed E-state index contributed by atoms with van der Waals surface area (Å²) in [6.07, 6.45) is 1.81. The lowest BCUT2D eigenvalue weighted by Gasteiger charge is -2.09. The fourth-order valence-electron chi connectivity index (χ4n) is 1.90. The molecule has 0 aliphatic carbocycles. The summed E-state index contributed by atoms with van der Waals surface area (Å²) in [5, 5.41) is 1.22. The zero-order valence-electron chi connectivity index (χ0n) is 12.9. The summed E-state index contributed by atoms with van der Waals surface area (Å²) in [5.41, 5.74) is 0. The van der Waals surface area contributed by atoms with E-state index < -0.39 is 0 Å². The summed E-state index contributed by atoms with van der Waals surface area (Å²) < 4.78 is 17.0. The molecule has 0 amide bonds. The average molecular weight is 327 g/mol. The van der Waals surface area contributed by atoms with Gasteiger partial charge in [-0.15, -0.1) is 0 Å². The molecule has 0 bridgehead atoms. The molecule has 118 valence electrons. The standard InChI is InChI=1S/C18H17NO3S/c1-13(2)20-15-8-10-16(11-9-15)22-18-19-12-17(23-18)21-14-6-4-3-5-7-14/h3-13H,1-2H3. The molecule has 0 aliphatic rings. The third-order valence-electron chi connectivity index (χ3n) is 2.83. The summed E-state index contributed by atoms with van der Waals surface area (Å²) in [6, 6.07) is 17.1. The monoisotopic (exact) mass is 327 g/mol. The molecule has 3 rings (SSSR count). The van der Waals surface area contributed by atoms with E-state index in [-0.39, 0.29) is 6.10 Å². The SMILES string of the molecule is CC(C)Oc1ccc(Oc2ncc(Oc3ccccc3)s2)cc1. The Hall–Kier alpha value is -2.53. The number of aromatic nitrogens is 1. The molecular formula is C18H17NO3S. The maximum atomic E-state index is 5.73. The highest BCUT2D eigenvalue weighted by atomic mass is 32.1. The van der Waals surface area contributed by atoms with Gasteiger partial charge in [-0.3, -0.25) is 0 Å². The Kier molecular flexibility index (Phi) is 4.78. The Morgan fingerprint density at radius 2 is 1.48 bits per heavy atom. The molecule has 0 unspecified atom stereocenters. The van der Waals surface area contributed by atoms with Crippen molar-refractivity contribution in [3.05, 3.63) is 60.8 Å². The van der Waals surface area contributed by atoms with Gasteiger partial charge in [-0.25, -0.2) is 4.98 Å². The van der Waals surface area contributed by atoms with Gasteiger partial charge in [0.05, 0.1) is 12.3 Å². The Balaban J connectivity index is 1.62. The summed E-state index contributed by atoms with van der Waals surface area (Å²) in [4.78, 5) is 4.22. The fraction of sp³-hybridized carbons (Fsp3) is 0.167. The first-order valence-electron chi connectivity index (χ1n) is 7.32. The molecule has 1 aromatic heterocycles. The Morgan fingerprint density at radius 3 is 2.17 bits per heavy atom. The van der Waals surface area contributed by atoms with E-state index in [1.54, 1.807) is 6.20 Å². The van der Waals surface area contributed by atoms with Gasteiger partial charge in [-0.2, -0.15) is 0 Å². The maximum absolute atomic E-state index is 5.73. The van der Waals surface area contributed by atoms with Crippen LogP contribution in [0.25, 0.3) is 0 Å². The van der Waals surface area contributed by atoms with Gasteiger partial charge in [0.2, 0.25) is 5.06 Å². The molecule has 0 radical (unpaired) electrons. The normalized spacial score (nSPS) is 10.6. The highest BCUT2D eigenvalue weighted by molar-refractivity contribution is 7.15. The van der Waals surface area contributed by atoms with Crippen LogP contribution in [0, 0.1) is 0 Å². The van der Waals surface area contributed by atoms with E-state index in [1.165, 1.54) is 11.3 Å². The zero-order valence-corrected chi connectivity index (χ0v) is 13.7. The van der Waals surface area contributed by atoms with Crippen molar-refractivity contribution in [2.45, 2.75) is 20.0 Å². The molecule has 0 aliphatic heterocycles. The van der Waals surface area contributed by atoms with Crippen LogP contribution < -0.4 is 14.2 Å². The van der Waals surface area contributed by atoms with Crippen molar-refractivity contribution >= 4 is 11.3 Å². The third-order valence-corrected chi connectivity index (χ3v) is 3.58. The molecule has 23 heavy (non-hydrogen) atoms. The van der Waals surface area contributed by atoms with Gasteiger partial charge in [0.15, 0.2) is 0 Å². The van der Waals surface area contributed by atoms with Crippen LogP contribution in [-0.2, 0) is 0 Å². The van der Waals surface area contributed by atoms with E-state index in [0.29, 0.717) is 16.0 Å². The molecule has 0 N–H and O–H groups in total. The van der Waals surface area contributed by atoms with Crippen LogP contribution in [0.1, 0.15) is 13.8 Å². The van der Waals surface area contributed by atoms with Crippen molar-refractivity contribution in [2.75, 3.05) is 0 Å². The number of para-hydroxylation sites is 1. The van der Waals surface area contributed by atoms with Crippen LogP contribution in [0.3, 0.4) is 0 Å². The van der Waals surface area contributed by atoms with Gasteiger partial charge in [-0.05, 0) is 61.6 Å². The lowest BCUT2D eigenvalue weighted by atomic mass is 10.3. The highest BCUT2D eigenvalue weighted by Gasteiger charge is 2.07. The second-order valence-corrected chi connectivity index (χ2v) is 6.06. The van der Waals surface area contributed by atoms with Crippen molar-refractivity contribution in [3.8, 4) is 27.5 Å². The van der Waals surface area contributed by atoms with Crippen molar-refractivity contribution in [1.82, 2.24) is 4.98 Å². The van der Waals surface area contributed by atoms with E-state index >= 15 is 0 Å². The topological polar surface area (TPSA) is 40.6 Å². The van der Waals surface area contributed by atoms with Gasteiger partial charge in [0, 0.05) is 0 Å². The van der Waals surface area contributed by atoms with E-state index in [4.69, 9.17) is 14.2 Å². The smallest absolute Gasteiger partial charge is 0.282 e. The van der Waals surface area contributed by atoms with Crippen LogP contribution in [0.4, 0.5) is 0 Å². The van der Waals surface area contributed by atoms with Crippen LogP contribution in [0.2, 0.25) is 0 Å². The average Bonchev–Trinajstić information content (AvgIpc) is 2.97. The van der Waals surface area contributed by atoms with Crippen LogP contribution in [-0.4, -0.2) is 11.1 Å². The molecule has 2 aromatic carbocycles. The molecule has 0 saturated heterocycles. The van der Waals surface area contributed by atoms with Crippen LogP contribution >= 0.6 is 11.3 Å². The second-order valence-electron chi connectivity index (χ2n) is 5.10. The number of hydrogen-bond acceptors (Lipinski definition) is 5. The van der Waals surface area contributed by atoms with Crippen molar-refractivity contribution in [2.24, 2.45) is 0 Å². The second kappa shape index (κ2) is 7.15. The molecule has 3 aromatic rings. The number of nitrogens with zero attached hydrogens (tertiary/aromatic N) is 1. The summed E-state index contributed by atoms with van der Waals surface area (Å²) >= 11 is 1.35. The van der Waals surface area contributed by atoms with E-state index in [1.807, 2.05) is 68.4 Å². The first kappa shape index (κ1) is 15.4. The minimum Gasteiger partial charge on any atom is -0.491 e. The van der Waals surface area contributed by atoms with Crippen molar-refractivity contribution < 1.29 is 14.2 Å². The number of benzene rings is 2. The van der Waals surface area contributed by atoms with E-state index in [2.05, 4.69) is 4.98 Å². The largest absolute Gasteiger partial charge is 0.491 e.